The molecule has 4 N–H and O–H groups in total. The molecule has 1 heterocycles. The molecule has 10 heteroatoms. The summed E-state index contributed by atoms with van der Waals surface area (Å²) in [7, 11) is 1.75. The molecule has 0 spiro atoms. The van der Waals surface area contributed by atoms with E-state index >= 15 is 0 Å². The molecule has 1 aliphatic rings. The van der Waals surface area contributed by atoms with E-state index in [1.54, 1.807) is 20.0 Å². The van der Waals surface area contributed by atoms with Crippen LogP contribution in [0.3, 0.4) is 0 Å². The maximum atomic E-state index is 14.8. The maximum absolute atomic E-state index is 14.8. The number of ether oxygens (including phenoxy) is 1. The van der Waals surface area contributed by atoms with Crippen LogP contribution in [0, 0.1) is 12.7 Å². The van der Waals surface area contributed by atoms with Gasteiger partial charge >= 0.3 is 0 Å². The fraction of sp³-hybridized carbons (Fsp3) is 0.393. The molecule has 38 heavy (non-hydrogen) atoms. The summed E-state index contributed by atoms with van der Waals surface area (Å²) >= 11 is 0. The Morgan fingerprint density at radius 2 is 2.03 bits per heavy atom. The zero-order chi connectivity index (χ0) is 27.4. The number of likely N-dealkylation sites (N-methyl/N-ethyl adjacent to an activating group) is 1. The fourth-order valence-electron chi connectivity index (χ4n) is 4.18. The second-order valence-corrected chi connectivity index (χ2v) is 10.1. The third-order valence-electron chi connectivity index (χ3n) is 6.45. The molecule has 202 valence electrons. The Labute approximate surface area is 221 Å². The lowest BCUT2D eigenvalue weighted by Gasteiger charge is -2.29. The van der Waals surface area contributed by atoms with E-state index in [0.29, 0.717) is 12.3 Å². The van der Waals surface area contributed by atoms with E-state index in [-0.39, 0.29) is 41.2 Å². The number of amides is 1. The van der Waals surface area contributed by atoms with Gasteiger partial charge < -0.3 is 25.8 Å². The van der Waals surface area contributed by atoms with Crippen molar-refractivity contribution < 1.29 is 19.0 Å². The van der Waals surface area contributed by atoms with Crippen LogP contribution >= 0.6 is 0 Å². The van der Waals surface area contributed by atoms with Crippen molar-refractivity contribution in [2.75, 3.05) is 25.5 Å². The average Bonchev–Trinajstić information content (AvgIpc) is 3.70. The zero-order valence-corrected chi connectivity index (χ0v) is 22.0. The molecule has 1 fully saturated rings. The second kappa shape index (κ2) is 11.3. The number of para-hydroxylation sites is 1. The third kappa shape index (κ3) is 6.20. The van der Waals surface area contributed by atoms with Crippen LogP contribution in [-0.2, 0) is 5.54 Å². The molecule has 1 aromatic heterocycles. The van der Waals surface area contributed by atoms with E-state index in [0.717, 1.165) is 18.4 Å². The molecule has 2 aromatic carbocycles. The number of carbonyl (C=O) groups excluding carboxylic acids is 1. The van der Waals surface area contributed by atoms with Crippen molar-refractivity contribution in [2.24, 2.45) is 0 Å². The first kappa shape index (κ1) is 27.3. The van der Waals surface area contributed by atoms with Crippen molar-refractivity contribution in [1.82, 2.24) is 20.2 Å². The summed E-state index contributed by atoms with van der Waals surface area (Å²) in [6.07, 6.45) is 4.03. The molecular weight excluding hydrogens is 489 g/mol. The molecule has 4 rings (SSSR count). The van der Waals surface area contributed by atoms with Crippen molar-refractivity contribution in [3.05, 3.63) is 81.7 Å². The van der Waals surface area contributed by atoms with Crippen LogP contribution in [0.2, 0.25) is 0 Å². The van der Waals surface area contributed by atoms with Crippen molar-refractivity contribution in [2.45, 2.75) is 51.3 Å². The molecule has 3 aromatic rings. The van der Waals surface area contributed by atoms with E-state index in [4.69, 9.17) is 4.74 Å². The van der Waals surface area contributed by atoms with E-state index in [2.05, 4.69) is 20.9 Å². The van der Waals surface area contributed by atoms with Crippen molar-refractivity contribution in [3.63, 3.8) is 0 Å². The lowest BCUT2D eigenvalue weighted by molar-refractivity contribution is 0.0950. The Kier molecular flexibility index (Phi) is 8.13. The molecule has 0 unspecified atom stereocenters. The van der Waals surface area contributed by atoms with Gasteiger partial charge in [0.15, 0.2) is 5.82 Å². The summed E-state index contributed by atoms with van der Waals surface area (Å²) in [6, 6.07) is 10.2. The minimum atomic E-state index is -0.803. The predicted octanol–water partition coefficient (Wildman–Crippen LogP) is 2.88. The standard InChI is InChI=1S/C28H34FN5O4/c1-17-22(29)13-18(26(36)32-19-9-10-19)14-23(17)34-12-11-31-25(27(34)37)33-28(2,3)21-7-5-6-8-24(21)38-16-20(35)15-30-4/h5-8,11-14,19-20,30,35H,9-10,15-16H2,1-4H3,(H,31,33)(H,32,36)/t20-/m1/s1. The molecule has 0 bridgehead atoms. The van der Waals surface area contributed by atoms with E-state index in [1.165, 1.54) is 29.1 Å². The van der Waals surface area contributed by atoms with Gasteiger partial charge in [-0.3, -0.25) is 14.2 Å². The Bertz CT molecular complexity index is 1370. The highest BCUT2D eigenvalue weighted by Crippen LogP contribution is 2.32. The number of halogens is 1. The number of anilines is 1. The van der Waals surface area contributed by atoms with Crippen LogP contribution in [0.4, 0.5) is 10.2 Å². The van der Waals surface area contributed by atoms with Crippen molar-refractivity contribution in [3.8, 4) is 11.4 Å². The smallest absolute Gasteiger partial charge is 0.297 e. The van der Waals surface area contributed by atoms with Gasteiger partial charge in [-0.15, -0.1) is 0 Å². The number of rotatable bonds is 11. The number of aliphatic hydroxyl groups is 1. The first-order valence-corrected chi connectivity index (χ1v) is 12.6. The van der Waals surface area contributed by atoms with E-state index in [9.17, 15) is 19.1 Å². The number of hydrogen-bond acceptors (Lipinski definition) is 7. The number of hydrogen-bond donors (Lipinski definition) is 4. The number of nitrogens with zero attached hydrogens (tertiary/aromatic N) is 2. The summed E-state index contributed by atoms with van der Waals surface area (Å²) in [5.74, 6) is -0.335. The van der Waals surface area contributed by atoms with Crippen LogP contribution in [-0.4, -0.2) is 52.9 Å². The number of nitrogens with one attached hydrogen (secondary N) is 3. The monoisotopic (exact) mass is 523 g/mol. The van der Waals surface area contributed by atoms with Gasteiger partial charge in [0.1, 0.15) is 24.3 Å². The number of carbonyl (C=O) groups is 1. The minimum Gasteiger partial charge on any atom is -0.490 e. The molecule has 9 nitrogen and oxygen atoms in total. The van der Waals surface area contributed by atoms with Gasteiger partial charge in [-0.25, -0.2) is 9.37 Å². The summed E-state index contributed by atoms with van der Waals surface area (Å²) in [6.45, 7) is 5.81. The summed E-state index contributed by atoms with van der Waals surface area (Å²) in [5.41, 5.74) is 0.120. The molecule has 1 amide bonds. The highest BCUT2D eigenvalue weighted by molar-refractivity contribution is 5.95. The van der Waals surface area contributed by atoms with Crippen LogP contribution in [0.15, 0.2) is 53.6 Å². The second-order valence-electron chi connectivity index (χ2n) is 10.1. The Morgan fingerprint density at radius 3 is 2.74 bits per heavy atom. The van der Waals surface area contributed by atoms with Crippen molar-refractivity contribution >= 4 is 11.7 Å². The Morgan fingerprint density at radius 1 is 1.29 bits per heavy atom. The molecule has 1 aliphatic carbocycles. The number of benzene rings is 2. The van der Waals surface area contributed by atoms with E-state index in [1.807, 2.05) is 32.0 Å². The van der Waals surface area contributed by atoms with Crippen molar-refractivity contribution in [1.29, 1.82) is 0 Å². The van der Waals surface area contributed by atoms with Gasteiger partial charge in [0.25, 0.3) is 11.5 Å². The molecular formula is C28H34FN5O4. The van der Waals surface area contributed by atoms with Crippen LogP contribution in [0.5, 0.6) is 5.75 Å². The predicted molar refractivity (Wildman–Crippen MR) is 144 cm³/mol. The molecule has 0 aliphatic heterocycles. The number of aromatic nitrogens is 2. The average molecular weight is 524 g/mol. The Balaban J connectivity index is 1.64. The van der Waals surface area contributed by atoms with Crippen LogP contribution < -0.4 is 26.2 Å². The zero-order valence-electron chi connectivity index (χ0n) is 22.0. The topological polar surface area (TPSA) is 118 Å². The van der Waals surface area contributed by atoms with Gasteiger partial charge in [-0.1, -0.05) is 18.2 Å². The van der Waals surface area contributed by atoms with Gasteiger partial charge in [0.2, 0.25) is 0 Å². The SMILES string of the molecule is CNC[C@@H](O)COc1ccccc1C(C)(C)Nc1nccn(-c2cc(C(=O)NC3CC3)cc(F)c2C)c1=O. The summed E-state index contributed by atoms with van der Waals surface area (Å²) in [4.78, 5) is 30.4. The largest absolute Gasteiger partial charge is 0.490 e. The lowest BCUT2D eigenvalue weighted by Crippen LogP contribution is -2.35. The summed E-state index contributed by atoms with van der Waals surface area (Å²) < 4.78 is 22.0. The molecule has 0 saturated heterocycles. The Hall–Kier alpha value is -3.76. The van der Waals surface area contributed by atoms with E-state index < -0.39 is 23.0 Å². The third-order valence-corrected chi connectivity index (χ3v) is 6.45. The van der Waals surface area contributed by atoms with Gasteiger partial charge in [0.05, 0.1) is 11.2 Å². The number of aliphatic hydroxyl groups excluding tert-OH is 1. The molecule has 0 radical (unpaired) electrons. The van der Waals surface area contributed by atoms with Gasteiger partial charge in [0, 0.05) is 41.7 Å². The summed E-state index contributed by atoms with van der Waals surface area (Å²) in [5, 5.41) is 19.0. The quantitative estimate of drug-likeness (QED) is 0.305. The highest BCUT2D eigenvalue weighted by Gasteiger charge is 2.27. The normalized spacial score (nSPS) is 14.2. The molecule has 1 saturated carbocycles. The van der Waals surface area contributed by atoms with Crippen LogP contribution in [0.1, 0.15) is 48.2 Å². The van der Waals surface area contributed by atoms with Crippen LogP contribution in [0.25, 0.3) is 5.69 Å². The van der Waals surface area contributed by atoms with Gasteiger partial charge in [-0.2, -0.15) is 0 Å². The maximum Gasteiger partial charge on any atom is 0.297 e. The lowest BCUT2D eigenvalue weighted by atomic mass is 9.93. The minimum absolute atomic E-state index is 0.0511. The van der Waals surface area contributed by atoms with Gasteiger partial charge in [-0.05, 0) is 58.9 Å². The highest BCUT2D eigenvalue weighted by atomic mass is 19.1. The first-order chi connectivity index (χ1) is 18.1. The molecule has 1 atom stereocenters. The fourth-order valence-corrected chi connectivity index (χ4v) is 4.18. The first-order valence-electron chi connectivity index (χ1n) is 12.6.